The summed E-state index contributed by atoms with van der Waals surface area (Å²) in [7, 11) is 1.38. The van der Waals surface area contributed by atoms with Gasteiger partial charge >= 0.3 is 5.97 Å². The van der Waals surface area contributed by atoms with Crippen LogP contribution in [-0.2, 0) is 14.3 Å². The monoisotopic (exact) mass is 270 g/mol. The smallest absolute Gasteiger partial charge is 0.322 e. The van der Waals surface area contributed by atoms with Gasteiger partial charge in [0, 0.05) is 12.6 Å². The largest absolute Gasteiger partial charge is 0.468 e. The zero-order valence-electron chi connectivity index (χ0n) is 12.4. The molecule has 19 heavy (non-hydrogen) atoms. The van der Waals surface area contributed by atoms with Gasteiger partial charge in [-0.25, -0.2) is 0 Å². The van der Waals surface area contributed by atoms with E-state index in [0.29, 0.717) is 18.4 Å². The Labute approximate surface area is 115 Å². The molecule has 0 aromatic rings. The molecular formula is C14H26N2O3. The van der Waals surface area contributed by atoms with Gasteiger partial charge in [0.1, 0.15) is 6.04 Å². The van der Waals surface area contributed by atoms with Crippen molar-refractivity contribution >= 4 is 11.9 Å². The highest BCUT2D eigenvalue weighted by atomic mass is 16.5. The molecule has 5 heteroatoms. The number of hydrogen-bond acceptors (Lipinski definition) is 4. The second-order valence-electron chi connectivity index (χ2n) is 5.50. The minimum absolute atomic E-state index is 0.0719. The van der Waals surface area contributed by atoms with Gasteiger partial charge in [-0.15, -0.1) is 0 Å². The van der Waals surface area contributed by atoms with Crippen LogP contribution in [-0.4, -0.2) is 49.1 Å². The van der Waals surface area contributed by atoms with Gasteiger partial charge in [-0.2, -0.15) is 0 Å². The average Bonchev–Trinajstić information content (AvgIpc) is 3.18. The summed E-state index contributed by atoms with van der Waals surface area (Å²) >= 11 is 0. The fourth-order valence-electron chi connectivity index (χ4n) is 2.21. The van der Waals surface area contributed by atoms with Crippen LogP contribution >= 0.6 is 0 Å². The molecule has 0 saturated heterocycles. The molecule has 0 aromatic carbocycles. The summed E-state index contributed by atoms with van der Waals surface area (Å²) in [4.78, 5) is 25.6. The molecule has 1 fully saturated rings. The zero-order valence-corrected chi connectivity index (χ0v) is 12.4. The van der Waals surface area contributed by atoms with E-state index in [-0.39, 0.29) is 18.4 Å². The van der Waals surface area contributed by atoms with Gasteiger partial charge in [-0.1, -0.05) is 13.8 Å². The Kier molecular flexibility index (Phi) is 6.28. The fourth-order valence-corrected chi connectivity index (χ4v) is 2.21. The first-order valence-electron chi connectivity index (χ1n) is 7.10. The maximum absolute atomic E-state index is 12.1. The molecule has 0 aromatic heterocycles. The molecule has 1 aliphatic rings. The zero-order chi connectivity index (χ0) is 14.4. The Morgan fingerprint density at radius 1 is 1.37 bits per heavy atom. The number of esters is 1. The predicted molar refractivity (Wildman–Crippen MR) is 73.7 cm³/mol. The Bertz CT molecular complexity index is 314. The third-order valence-corrected chi connectivity index (χ3v) is 3.34. The lowest BCUT2D eigenvalue weighted by atomic mass is 10.0. The second kappa shape index (κ2) is 7.48. The standard InChI is InChI=1S/C14H26N2O3/c1-5-16(11-6-7-11)13(17)9-15-12(8-10(2)3)14(18)19-4/h10-12,15H,5-9H2,1-4H3. The van der Waals surface area contributed by atoms with E-state index >= 15 is 0 Å². The molecule has 0 bridgehead atoms. The van der Waals surface area contributed by atoms with Crippen molar-refractivity contribution in [2.75, 3.05) is 20.2 Å². The van der Waals surface area contributed by atoms with E-state index in [1.165, 1.54) is 7.11 Å². The lowest BCUT2D eigenvalue weighted by Gasteiger charge is -2.23. The number of nitrogens with zero attached hydrogens (tertiary/aromatic N) is 1. The Balaban J connectivity index is 2.45. The number of nitrogens with one attached hydrogen (secondary N) is 1. The van der Waals surface area contributed by atoms with Crippen molar-refractivity contribution in [3.8, 4) is 0 Å². The normalized spacial score (nSPS) is 16.3. The second-order valence-corrected chi connectivity index (χ2v) is 5.50. The van der Waals surface area contributed by atoms with Gasteiger partial charge in [0.25, 0.3) is 0 Å². The SMILES string of the molecule is CCN(C(=O)CNC(CC(C)C)C(=O)OC)C1CC1. The number of amides is 1. The van der Waals surface area contributed by atoms with Crippen molar-refractivity contribution in [3.05, 3.63) is 0 Å². The van der Waals surface area contributed by atoms with Crippen molar-refractivity contribution in [3.63, 3.8) is 0 Å². The van der Waals surface area contributed by atoms with Crippen LogP contribution in [0.25, 0.3) is 0 Å². The molecule has 110 valence electrons. The number of methoxy groups -OCH3 is 1. The Morgan fingerprint density at radius 2 is 2.00 bits per heavy atom. The number of rotatable bonds is 8. The average molecular weight is 270 g/mol. The molecule has 1 saturated carbocycles. The fraction of sp³-hybridized carbons (Fsp3) is 0.857. The molecule has 1 rings (SSSR count). The molecule has 0 aliphatic heterocycles. The van der Waals surface area contributed by atoms with Gasteiger partial charge in [0.2, 0.25) is 5.91 Å². The quantitative estimate of drug-likeness (QED) is 0.673. The van der Waals surface area contributed by atoms with Crippen LogP contribution in [0.4, 0.5) is 0 Å². The van der Waals surface area contributed by atoms with Crippen molar-refractivity contribution in [2.24, 2.45) is 5.92 Å². The van der Waals surface area contributed by atoms with E-state index < -0.39 is 6.04 Å². The van der Waals surface area contributed by atoms with Crippen LogP contribution in [0.3, 0.4) is 0 Å². The van der Waals surface area contributed by atoms with Crippen LogP contribution in [0.15, 0.2) is 0 Å². The summed E-state index contributed by atoms with van der Waals surface area (Å²) in [6, 6.07) is 0.0211. The van der Waals surface area contributed by atoms with Gasteiger partial charge < -0.3 is 9.64 Å². The van der Waals surface area contributed by atoms with E-state index in [9.17, 15) is 9.59 Å². The lowest BCUT2D eigenvalue weighted by Crippen LogP contribution is -2.46. The van der Waals surface area contributed by atoms with Crippen LogP contribution in [0.2, 0.25) is 0 Å². The lowest BCUT2D eigenvalue weighted by molar-refractivity contribution is -0.143. The Morgan fingerprint density at radius 3 is 2.42 bits per heavy atom. The molecule has 1 N–H and O–H groups in total. The van der Waals surface area contributed by atoms with E-state index in [4.69, 9.17) is 4.74 Å². The van der Waals surface area contributed by atoms with Gasteiger partial charge in [0.05, 0.1) is 13.7 Å². The molecular weight excluding hydrogens is 244 g/mol. The number of hydrogen-bond donors (Lipinski definition) is 1. The summed E-state index contributed by atoms with van der Waals surface area (Å²) in [5, 5.41) is 3.03. The third-order valence-electron chi connectivity index (χ3n) is 3.34. The molecule has 0 heterocycles. The molecule has 1 amide bonds. The van der Waals surface area contributed by atoms with Crippen molar-refractivity contribution < 1.29 is 14.3 Å². The van der Waals surface area contributed by atoms with Crippen LogP contribution in [0.1, 0.15) is 40.0 Å². The maximum Gasteiger partial charge on any atom is 0.322 e. The van der Waals surface area contributed by atoms with Crippen LogP contribution in [0, 0.1) is 5.92 Å². The first-order valence-corrected chi connectivity index (χ1v) is 7.10. The number of carbonyl (C=O) groups is 2. The summed E-state index contributed by atoms with van der Waals surface area (Å²) in [5.41, 5.74) is 0. The third kappa shape index (κ3) is 5.19. The van der Waals surface area contributed by atoms with Gasteiger partial charge in [-0.3, -0.25) is 14.9 Å². The summed E-state index contributed by atoms with van der Waals surface area (Å²) in [6.45, 7) is 7.02. The van der Waals surface area contributed by atoms with Crippen molar-refractivity contribution in [2.45, 2.75) is 52.1 Å². The number of ether oxygens (including phenoxy) is 1. The highest BCUT2D eigenvalue weighted by Crippen LogP contribution is 2.26. The van der Waals surface area contributed by atoms with Crippen LogP contribution < -0.4 is 5.32 Å². The van der Waals surface area contributed by atoms with E-state index in [1.807, 2.05) is 25.7 Å². The molecule has 5 nitrogen and oxygen atoms in total. The van der Waals surface area contributed by atoms with Gasteiger partial charge in [-0.05, 0) is 32.1 Å². The summed E-state index contributed by atoms with van der Waals surface area (Å²) < 4.78 is 4.77. The van der Waals surface area contributed by atoms with Crippen LogP contribution in [0.5, 0.6) is 0 Å². The van der Waals surface area contributed by atoms with Crippen molar-refractivity contribution in [1.82, 2.24) is 10.2 Å². The first-order chi connectivity index (χ1) is 8.99. The molecule has 1 unspecified atom stereocenters. The van der Waals surface area contributed by atoms with E-state index in [0.717, 1.165) is 19.4 Å². The Hall–Kier alpha value is -1.10. The highest BCUT2D eigenvalue weighted by molar-refractivity contribution is 5.81. The molecule has 0 radical (unpaired) electrons. The molecule has 0 spiro atoms. The molecule has 1 aliphatic carbocycles. The first kappa shape index (κ1) is 16.0. The topological polar surface area (TPSA) is 58.6 Å². The van der Waals surface area contributed by atoms with E-state index in [1.54, 1.807) is 0 Å². The summed E-state index contributed by atoms with van der Waals surface area (Å²) in [5.74, 6) is 0.149. The minimum atomic E-state index is -0.396. The maximum atomic E-state index is 12.1. The number of carbonyl (C=O) groups excluding carboxylic acids is 2. The summed E-state index contributed by atoms with van der Waals surface area (Å²) in [6.07, 6.45) is 2.88. The van der Waals surface area contributed by atoms with Crippen molar-refractivity contribution in [1.29, 1.82) is 0 Å². The van der Waals surface area contributed by atoms with E-state index in [2.05, 4.69) is 5.32 Å². The highest BCUT2D eigenvalue weighted by Gasteiger charge is 2.31. The number of likely N-dealkylation sites (N-methyl/N-ethyl adjacent to an activating group) is 1. The molecule has 1 atom stereocenters. The minimum Gasteiger partial charge on any atom is -0.468 e. The van der Waals surface area contributed by atoms with Gasteiger partial charge in [0.15, 0.2) is 0 Å². The predicted octanol–water partition coefficient (Wildman–Crippen LogP) is 1.17.